The molecule has 3 aromatic rings. The zero-order chi connectivity index (χ0) is 25.8. The summed E-state index contributed by atoms with van der Waals surface area (Å²) in [4.78, 5) is 17.6. The van der Waals surface area contributed by atoms with Crippen molar-refractivity contribution in [3.63, 3.8) is 0 Å². The van der Waals surface area contributed by atoms with Crippen LogP contribution in [0.5, 0.6) is 0 Å². The van der Waals surface area contributed by atoms with Crippen LogP contribution in [0, 0.1) is 0 Å². The number of hydrogen-bond donors (Lipinski definition) is 0. The molecule has 1 amide bonds. The van der Waals surface area contributed by atoms with E-state index in [-0.39, 0.29) is 11.9 Å². The summed E-state index contributed by atoms with van der Waals surface area (Å²) in [5.74, 6) is 0.129. The van der Waals surface area contributed by atoms with Crippen LogP contribution >= 0.6 is 0 Å². The fourth-order valence-electron chi connectivity index (χ4n) is 5.25. The molecule has 2 aliphatic heterocycles. The lowest BCUT2D eigenvalue weighted by Crippen LogP contribution is -2.47. The Hall–Kier alpha value is -3.52. The lowest BCUT2D eigenvalue weighted by atomic mass is 10.0. The second kappa shape index (κ2) is 10.8. The topological polar surface area (TPSA) is 30.0 Å². The van der Waals surface area contributed by atoms with Crippen LogP contribution in [0.2, 0.25) is 0 Å². The first kappa shape index (κ1) is 25.1. The molecule has 2 fully saturated rings. The number of anilines is 2. The Morgan fingerprint density at radius 1 is 0.730 bits per heavy atom. The summed E-state index contributed by atoms with van der Waals surface area (Å²) in [6.07, 6.45) is -3.02. The van der Waals surface area contributed by atoms with Gasteiger partial charge in [-0.25, -0.2) is 0 Å². The number of nitrogens with zero attached hydrogens (tertiary/aromatic N) is 4. The Kier molecular flexibility index (Phi) is 7.37. The Bertz CT molecular complexity index is 1160. The van der Waals surface area contributed by atoms with Crippen LogP contribution in [0.3, 0.4) is 0 Å². The molecule has 5 nitrogen and oxygen atoms in total. The smallest absolute Gasteiger partial charge is 0.369 e. The molecule has 0 radical (unpaired) electrons. The normalized spacial score (nSPS) is 19.1. The van der Waals surface area contributed by atoms with E-state index in [9.17, 15) is 18.0 Å². The van der Waals surface area contributed by atoms with Crippen LogP contribution in [0.25, 0.3) is 0 Å². The fraction of sp³-hybridized carbons (Fsp3) is 0.345. The van der Waals surface area contributed by atoms with Crippen molar-refractivity contribution in [2.24, 2.45) is 0 Å². The standard InChI is InChI=1S/C29H31F3N4O/c30-29(31,32)24-12-14-25(15-13-24)34-20-18-33(19-21-34)16-7-17-35-28(37)22-27(23-8-3-1-4-9-23)36(35)26-10-5-2-6-11-26/h1-6,8-15,27H,7,16-22H2. The Labute approximate surface area is 215 Å². The highest BCUT2D eigenvalue weighted by Gasteiger charge is 2.38. The Morgan fingerprint density at radius 2 is 1.35 bits per heavy atom. The molecule has 0 N–H and O–H groups in total. The van der Waals surface area contributed by atoms with Gasteiger partial charge in [0.25, 0.3) is 0 Å². The van der Waals surface area contributed by atoms with Gasteiger partial charge in [0.05, 0.1) is 23.7 Å². The molecule has 8 heteroatoms. The average molecular weight is 509 g/mol. The lowest BCUT2D eigenvalue weighted by molar-refractivity contribution is -0.137. The number of carbonyl (C=O) groups is 1. The van der Waals surface area contributed by atoms with Crippen molar-refractivity contribution >= 4 is 17.3 Å². The largest absolute Gasteiger partial charge is 0.416 e. The highest BCUT2D eigenvalue weighted by molar-refractivity contribution is 5.83. The van der Waals surface area contributed by atoms with Crippen molar-refractivity contribution in [2.45, 2.75) is 25.1 Å². The second-order valence-corrected chi connectivity index (χ2v) is 9.55. The number of rotatable bonds is 7. The van der Waals surface area contributed by atoms with Crippen LogP contribution in [0.15, 0.2) is 84.9 Å². The van der Waals surface area contributed by atoms with E-state index in [1.165, 1.54) is 0 Å². The van der Waals surface area contributed by atoms with Crippen molar-refractivity contribution in [3.8, 4) is 0 Å². The van der Waals surface area contributed by atoms with Crippen LogP contribution in [0.1, 0.15) is 30.0 Å². The summed E-state index contributed by atoms with van der Waals surface area (Å²) in [7, 11) is 0. The average Bonchev–Trinajstić information content (AvgIpc) is 3.25. The van der Waals surface area contributed by atoms with Crippen molar-refractivity contribution in [2.75, 3.05) is 49.2 Å². The number of carbonyl (C=O) groups excluding carboxylic acids is 1. The number of para-hydroxylation sites is 1. The van der Waals surface area contributed by atoms with Gasteiger partial charge < -0.3 is 4.90 Å². The summed E-state index contributed by atoms with van der Waals surface area (Å²) in [5.41, 5.74) is 2.33. The minimum atomic E-state index is -4.31. The number of halogens is 3. The van der Waals surface area contributed by atoms with Crippen LogP contribution < -0.4 is 9.91 Å². The molecule has 2 aliphatic rings. The zero-order valence-electron chi connectivity index (χ0n) is 20.6. The molecule has 5 rings (SSSR count). The predicted molar refractivity (Wildman–Crippen MR) is 139 cm³/mol. The molecule has 0 aliphatic carbocycles. The molecule has 0 bridgehead atoms. The van der Waals surface area contributed by atoms with Crippen molar-refractivity contribution in [1.82, 2.24) is 9.91 Å². The molecular formula is C29H31F3N4O. The van der Waals surface area contributed by atoms with E-state index in [4.69, 9.17) is 0 Å². The number of amides is 1. The van der Waals surface area contributed by atoms with Crippen LogP contribution in [-0.2, 0) is 11.0 Å². The minimum absolute atomic E-state index is 0.0246. The number of alkyl halides is 3. The second-order valence-electron chi connectivity index (χ2n) is 9.55. The van der Waals surface area contributed by atoms with Crippen molar-refractivity contribution in [1.29, 1.82) is 0 Å². The van der Waals surface area contributed by atoms with Gasteiger partial charge in [-0.3, -0.25) is 19.7 Å². The number of hydrogen-bond acceptors (Lipinski definition) is 4. The maximum atomic E-state index is 13.1. The SMILES string of the molecule is O=C1CC(c2ccccc2)N(c2ccccc2)N1CCCN1CCN(c2ccc(C(F)(F)F)cc2)CC1. The number of benzene rings is 3. The minimum Gasteiger partial charge on any atom is -0.369 e. The van der Waals surface area contributed by atoms with Gasteiger partial charge in [-0.2, -0.15) is 13.2 Å². The summed E-state index contributed by atoms with van der Waals surface area (Å²) >= 11 is 0. The Balaban J connectivity index is 1.17. The van der Waals surface area contributed by atoms with E-state index in [0.717, 1.165) is 68.2 Å². The van der Waals surface area contributed by atoms with Crippen LogP contribution in [0.4, 0.5) is 24.5 Å². The van der Waals surface area contributed by atoms with Gasteiger partial charge in [-0.15, -0.1) is 0 Å². The van der Waals surface area contributed by atoms with E-state index < -0.39 is 11.7 Å². The first-order valence-electron chi connectivity index (χ1n) is 12.7. The molecule has 37 heavy (non-hydrogen) atoms. The molecule has 194 valence electrons. The third-order valence-electron chi connectivity index (χ3n) is 7.19. The molecule has 0 spiro atoms. The highest BCUT2D eigenvalue weighted by Crippen LogP contribution is 2.37. The van der Waals surface area contributed by atoms with Gasteiger partial charge in [0.2, 0.25) is 5.91 Å². The van der Waals surface area contributed by atoms with Gasteiger partial charge in [-0.05, 0) is 48.4 Å². The fourth-order valence-corrected chi connectivity index (χ4v) is 5.25. The number of piperazine rings is 1. The molecule has 2 saturated heterocycles. The predicted octanol–water partition coefficient (Wildman–Crippen LogP) is 5.61. The van der Waals surface area contributed by atoms with Crippen LogP contribution in [-0.4, -0.2) is 55.1 Å². The quantitative estimate of drug-likeness (QED) is 0.415. The van der Waals surface area contributed by atoms with Gasteiger partial charge in [0, 0.05) is 45.0 Å². The van der Waals surface area contributed by atoms with E-state index in [2.05, 4.69) is 26.9 Å². The number of hydrazine groups is 1. The summed E-state index contributed by atoms with van der Waals surface area (Å²) < 4.78 is 38.5. The van der Waals surface area contributed by atoms with E-state index in [1.54, 1.807) is 12.1 Å². The summed E-state index contributed by atoms with van der Waals surface area (Å²) in [6, 6.07) is 25.6. The Morgan fingerprint density at radius 3 is 1.97 bits per heavy atom. The maximum Gasteiger partial charge on any atom is 0.416 e. The zero-order valence-corrected chi connectivity index (χ0v) is 20.6. The molecule has 2 heterocycles. The van der Waals surface area contributed by atoms with Gasteiger partial charge in [-0.1, -0.05) is 48.5 Å². The van der Waals surface area contributed by atoms with E-state index in [0.29, 0.717) is 13.0 Å². The first-order valence-corrected chi connectivity index (χ1v) is 12.7. The maximum absolute atomic E-state index is 13.1. The van der Waals surface area contributed by atoms with Gasteiger partial charge >= 0.3 is 6.18 Å². The summed E-state index contributed by atoms with van der Waals surface area (Å²) in [5, 5.41) is 4.03. The van der Waals surface area contributed by atoms with E-state index >= 15 is 0 Å². The third kappa shape index (κ3) is 5.74. The van der Waals surface area contributed by atoms with Crippen molar-refractivity contribution < 1.29 is 18.0 Å². The third-order valence-corrected chi connectivity index (χ3v) is 7.19. The monoisotopic (exact) mass is 508 g/mol. The molecule has 3 aromatic carbocycles. The molecular weight excluding hydrogens is 477 g/mol. The lowest BCUT2D eigenvalue weighted by Gasteiger charge is -2.37. The molecule has 0 aromatic heterocycles. The molecule has 1 unspecified atom stereocenters. The molecule has 0 saturated carbocycles. The van der Waals surface area contributed by atoms with Gasteiger partial charge in [0.1, 0.15) is 0 Å². The van der Waals surface area contributed by atoms with Crippen molar-refractivity contribution in [3.05, 3.63) is 96.1 Å². The summed E-state index contributed by atoms with van der Waals surface area (Å²) in [6.45, 7) is 4.70. The van der Waals surface area contributed by atoms with E-state index in [1.807, 2.05) is 53.5 Å². The van der Waals surface area contributed by atoms with Gasteiger partial charge in [0.15, 0.2) is 0 Å². The highest BCUT2D eigenvalue weighted by atomic mass is 19.4. The first-order chi connectivity index (χ1) is 17.9. The molecule has 1 atom stereocenters.